The van der Waals surface area contributed by atoms with Gasteiger partial charge in [0, 0.05) is 18.6 Å². The van der Waals surface area contributed by atoms with Crippen LogP contribution in [0.1, 0.15) is 6.92 Å². The Bertz CT molecular complexity index is 73.5. The third kappa shape index (κ3) is 12.4. The van der Waals surface area contributed by atoms with Crippen LogP contribution >= 0.6 is 0 Å². The maximum Gasteiger partial charge on any atom is 0 e. The van der Waals surface area contributed by atoms with Crippen molar-refractivity contribution in [2.75, 3.05) is 6.54 Å². The summed E-state index contributed by atoms with van der Waals surface area (Å²) in [5.41, 5.74) is 9.45. The van der Waals surface area contributed by atoms with Gasteiger partial charge in [0.2, 0.25) is 0 Å². The van der Waals surface area contributed by atoms with Gasteiger partial charge >= 0.3 is 53.3 Å². The van der Waals surface area contributed by atoms with Gasteiger partial charge in [-0.2, -0.15) is 0 Å². The Morgan fingerprint density at radius 1 is 1.11 bits per heavy atom. The van der Waals surface area contributed by atoms with Gasteiger partial charge in [0.25, 0.3) is 0 Å². The van der Waals surface area contributed by atoms with E-state index in [9.17, 15) is 0 Å². The van der Waals surface area contributed by atoms with E-state index in [-0.39, 0.29) is 18.6 Å². The van der Waals surface area contributed by atoms with E-state index in [1.807, 2.05) is 0 Å². The zero-order valence-electron chi connectivity index (χ0n) is 7.10. The Kier molecular flexibility index (Phi) is 4.97. The Balaban J connectivity index is 0. The predicted molar refractivity (Wildman–Crippen MR) is 37.1 cm³/mol. The molecule has 0 bridgehead atoms. The van der Waals surface area contributed by atoms with E-state index >= 15 is 0 Å². The summed E-state index contributed by atoms with van der Waals surface area (Å²) < 4.78 is 3.54. The third-order valence-electron chi connectivity index (χ3n) is 0.791. The van der Waals surface area contributed by atoms with E-state index in [1.165, 1.54) is 0 Å². The fourth-order valence-corrected chi connectivity index (χ4v) is 2.61. The first-order valence-corrected chi connectivity index (χ1v) is 9.36. The minimum absolute atomic E-state index is 0. The Hall–Kier alpha value is 1.13. The summed E-state index contributed by atoms with van der Waals surface area (Å²) in [6.07, 6.45) is 0. The number of rotatable bonds is 2. The fourth-order valence-electron chi connectivity index (χ4n) is 0.632. The fraction of sp³-hybridized carbons (Fsp3) is 1.00. The molecule has 3 heteroatoms. The van der Waals surface area contributed by atoms with Crippen LogP contribution in [0.3, 0.4) is 0 Å². The van der Waals surface area contributed by atoms with E-state index in [0.29, 0.717) is 0 Å². The first kappa shape index (κ1) is 12.8. The average Bonchev–Trinajstić information content (AvgIpc) is 1.25. The molecule has 0 unspecified atom stereocenters. The van der Waals surface area contributed by atoms with E-state index < -0.39 is 13.1 Å². The van der Waals surface area contributed by atoms with Crippen LogP contribution in [-0.4, -0.2) is 6.54 Å². The molecule has 1 nitrogen and oxygen atoms in total. The molecule has 0 aromatic carbocycles. The normalized spacial score (nSPS) is 15.4. The van der Waals surface area contributed by atoms with Crippen LogP contribution in [0.2, 0.25) is 22.5 Å². The van der Waals surface area contributed by atoms with Gasteiger partial charge in [-0.1, -0.05) is 0 Å². The Morgan fingerprint density at radius 3 is 1.44 bits per heavy atom. The molecule has 0 spiro atoms. The Labute approximate surface area is 71.8 Å². The molecule has 0 fully saturated rings. The number of nitrogens with one attached hydrogen (secondary N) is 1. The van der Waals surface area contributed by atoms with Gasteiger partial charge in [-0.05, 0) is 0 Å². The molecule has 0 aromatic heterocycles. The van der Waals surface area contributed by atoms with Crippen LogP contribution in [0.15, 0.2) is 0 Å². The van der Waals surface area contributed by atoms with Gasteiger partial charge in [0.15, 0.2) is 0 Å². The zero-order valence-corrected chi connectivity index (χ0v) is 9.89. The van der Waals surface area contributed by atoms with Crippen molar-refractivity contribution in [1.82, 2.24) is 4.17 Å². The third-order valence-corrected chi connectivity index (χ3v) is 3.26. The molecule has 0 amide bonds. The van der Waals surface area contributed by atoms with Crippen molar-refractivity contribution in [3.8, 4) is 0 Å². The van der Waals surface area contributed by atoms with Crippen molar-refractivity contribution in [3.63, 3.8) is 0 Å². The second-order valence-electron chi connectivity index (χ2n) is 4.09. The molecule has 0 aromatic rings. The maximum absolute atomic E-state index is 3.54. The molecular formula is C6H18NV2. The van der Waals surface area contributed by atoms with Gasteiger partial charge in [-0.15, -0.1) is 0 Å². The second kappa shape index (κ2) is 3.50. The number of hydrogen-bond acceptors (Lipinski definition) is 1. The van der Waals surface area contributed by atoms with Crippen LogP contribution in [0, 0.1) is 0 Å². The quantitative estimate of drug-likeness (QED) is 0.731. The van der Waals surface area contributed by atoms with Crippen molar-refractivity contribution in [1.29, 1.82) is 0 Å². The SMILES string of the molecule is CC[NH][V]([CH3])([CH3])([CH3])[CH3].[V]. The van der Waals surface area contributed by atoms with Crippen molar-refractivity contribution >= 4 is 0 Å². The van der Waals surface area contributed by atoms with E-state index in [1.54, 1.807) is 0 Å². The molecule has 0 aliphatic carbocycles. The standard InChI is InChI=1S/C2H6N.4CH3.2V/c1-2-3;;;;;;/h3H,2H2,1H3;4*1H3;;/q-1;;;;;;+1. The summed E-state index contributed by atoms with van der Waals surface area (Å²) >= 11 is -1.83. The maximum atomic E-state index is 3.54. The van der Waals surface area contributed by atoms with Gasteiger partial charge in [-0.25, -0.2) is 0 Å². The van der Waals surface area contributed by atoms with Gasteiger partial charge in [0.05, 0.1) is 0 Å². The molecule has 0 aliphatic heterocycles. The van der Waals surface area contributed by atoms with Crippen molar-refractivity contribution in [2.24, 2.45) is 0 Å². The van der Waals surface area contributed by atoms with Crippen molar-refractivity contribution < 1.29 is 31.7 Å². The molecule has 0 aliphatic rings. The minimum Gasteiger partial charge on any atom is 0 e. The largest absolute Gasteiger partial charge is 0 e. The van der Waals surface area contributed by atoms with Crippen LogP contribution < -0.4 is 4.17 Å². The molecule has 1 N–H and O–H groups in total. The van der Waals surface area contributed by atoms with Crippen LogP contribution in [0.25, 0.3) is 0 Å². The molecule has 57 valence electrons. The summed E-state index contributed by atoms with van der Waals surface area (Å²) in [7, 11) is 0. The summed E-state index contributed by atoms with van der Waals surface area (Å²) in [4.78, 5) is 0. The molecule has 0 atom stereocenters. The van der Waals surface area contributed by atoms with Crippen LogP contribution in [0.4, 0.5) is 0 Å². The smallest absolute Gasteiger partial charge is 0 e. The van der Waals surface area contributed by atoms with Crippen LogP contribution in [-0.2, 0) is 31.7 Å². The minimum atomic E-state index is -1.83. The first-order chi connectivity index (χ1) is 3.31. The molecule has 0 saturated heterocycles. The topological polar surface area (TPSA) is 12.0 Å². The molecule has 0 saturated carbocycles. The van der Waals surface area contributed by atoms with Gasteiger partial charge < -0.3 is 0 Å². The van der Waals surface area contributed by atoms with E-state index in [0.717, 1.165) is 6.54 Å². The van der Waals surface area contributed by atoms with Gasteiger partial charge in [0.1, 0.15) is 0 Å². The van der Waals surface area contributed by atoms with Crippen molar-refractivity contribution in [3.05, 3.63) is 0 Å². The first-order valence-electron chi connectivity index (χ1n) is 3.07. The predicted octanol–water partition coefficient (Wildman–Crippen LogP) is 2.39. The summed E-state index contributed by atoms with van der Waals surface area (Å²) in [5, 5.41) is 0. The summed E-state index contributed by atoms with van der Waals surface area (Å²) in [5.74, 6) is 0. The molecular weight excluding hydrogens is 188 g/mol. The van der Waals surface area contributed by atoms with Crippen molar-refractivity contribution in [2.45, 2.75) is 29.5 Å². The zero-order chi connectivity index (χ0) is 6.86. The summed E-state index contributed by atoms with van der Waals surface area (Å²) in [6.45, 7) is 3.28. The Morgan fingerprint density at radius 2 is 1.44 bits per heavy atom. The molecule has 9 heavy (non-hydrogen) atoms. The molecule has 1 radical (unpaired) electrons. The van der Waals surface area contributed by atoms with Gasteiger partial charge in [-0.3, -0.25) is 0 Å². The molecule has 0 rings (SSSR count). The molecule has 0 heterocycles. The average molecular weight is 206 g/mol. The van der Waals surface area contributed by atoms with E-state index in [2.05, 4.69) is 33.6 Å². The second-order valence-corrected chi connectivity index (χ2v) is 15.8. The van der Waals surface area contributed by atoms with E-state index in [4.69, 9.17) is 0 Å². The monoisotopic (exact) mass is 206 g/mol. The van der Waals surface area contributed by atoms with Crippen LogP contribution in [0.5, 0.6) is 0 Å². The summed E-state index contributed by atoms with van der Waals surface area (Å²) in [6, 6.07) is 0. The number of hydrogen-bond donors (Lipinski definition) is 1.